The molecule has 0 aliphatic carbocycles. The Balaban J connectivity index is 2.88. The van der Waals surface area contributed by atoms with Crippen molar-refractivity contribution in [2.75, 3.05) is 0 Å². The average molecular weight is 206 g/mol. The molecule has 2 nitrogen and oxygen atoms in total. The van der Waals surface area contributed by atoms with Gasteiger partial charge in [-0.3, -0.25) is 4.79 Å². The van der Waals surface area contributed by atoms with Gasteiger partial charge in [0.2, 0.25) is 0 Å². The molecule has 0 radical (unpaired) electrons. The van der Waals surface area contributed by atoms with Gasteiger partial charge in [0.15, 0.2) is 0 Å². The highest BCUT2D eigenvalue weighted by Crippen LogP contribution is 2.27. The van der Waals surface area contributed by atoms with Crippen molar-refractivity contribution in [1.82, 2.24) is 0 Å². The van der Waals surface area contributed by atoms with Crippen LogP contribution in [0.25, 0.3) is 0 Å². The first-order valence-corrected chi connectivity index (χ1v) is 5.44. The SMILES string of the molecule is CCC[C@H](C)[C@@H](C(=O)O)c1ccccc1. The van der Waals surface area contributed by atoms with E-state index in [1.165, 1.54) is 0 Å². The van der Waals surface area contributed by atoms with Crippen molar-refractivity contribution >= 4 is 5.97 Å². The Morgan fingerprint density at radius 3 is 2.40 bits per heavy atom. The van der Waals surface area contributed by atoms with E-state index in [2.05, 4.69) is 6.92 Å². The standard InChI is InChI=1S/C13H18O2/c1-3-7-10(2)12(13(14)15)11-8-5-4-6-9-11/h4-6,8-10,12H,3,7H2,1-2H3,(H,14,15)/t10-,12+/m0/s1. The summed E-state index contributed by atoms with van der Waals surface area (Å²) >= 11 is 0. The van der Waals surface area contributed by atoms with Crippen molar-refractivity contribution in [3.63, 3.8) is 0 Å². The summed E-state index contributed by atoms with van der Waals surface area (Å²) in [6, 6.07) is 9.48. The largest absolute Gasteiger partial charge is 0.481 e. The van der Waals surface area contributed by atoms with Crippen molar-refractivity contribution < 1.29 is 9.90 Å². The first kappa shape index (κ1) is 11.8. The molecule has 1 N–H and O–H groups in total. The first-order valence-electron chi connectivity index (χ1n) is 5.44. The van der Waals surface area contributed by atoms with Crippen molar-refractivity contribution in [2.24, 2.45) is 5.92 Å². The molecule has 0 saturated heterocycles. The highest BCUT2D eigenvalue weighted by Gasteiger charge is 2.25. The molecule has 1 rings (SSSR count). The van der Waals surface area contributed by atoms with Gasteiger partial charge in [-0.05, 0) is 17.9 Å². The van der Waals surface area contributed by atoms with Crippen LogP contribution < -0.4 is 0 Å². The van der Waals surface area contributed by atoms with E-state index in [1.807, 2.05) is 37.3 Å². The lowest BCUT2D eigenvalue weighted by Gasteiger charge is -2.19. The molecule has 15 heavy (non-hydrogen) atoms. The van der Waals surface area contributed by atoms with Gasteiger partial charge in [-0.15, -0.1) is 0 Å². The quantitative estimate of drug-likeness (QED) is 0.802. The van der Waals surface area contributed by atoms with Crippen LogP contribution in [0.2, 0.25) is 0 Å². The fraction of sp³-hybridized carbons (Fsp3) is 0.462. The van der Waals surface area contributed by atoms with Crippen LogP contribution >= 0.6 is 0 Å². The van der Waals surface area contributed by atoms with E-state index >= 15 is 0 Å². The Hall–Kier alpha value is -1.31. The minimum Gasteiger partial charge on any atom is -0.481 e. The third-order valence-electron chi connectivity index (χ3n) is 2.74. The van der Waals surface area contributed by atoms with Crippen LogP contribution in [0.5, 0.6) is 0 Å². The smallest absolute Gasteiger partial charge is 0.311 e. The van der Waals surface area contributed by atoms with E-state index in [1.54, 1.807) is 0 Å². The summed E-state index contributed by atoms with van der Waals surface area (Å²) in [5.74, 6) is -0.900. The van der Waals surface area contributed by atoms with Gasteiger partial charge < -0.3 is 5.11 Å². The molecule has 0 saturated carbocycles. The van der Waals surface area contributed by atoms with Crippen molar-refractivity contribution in [2.45, 2.75) is 32.6 Å². The summed E-state index contributed by atoms with van der Waals surface area (Å²) in [7, 11) is 0. The summed E-state index contributed by atoms with van der Waals surface area (Å²) in [4.78, 5) is 11.2. The fourth-order valence-corrected chi connectivity index (χ4v) is 2.00. The molecule has 0 spiro atoms. The molecule has 0 aliphatic heterocycles. The molecule has 2 atom stereocenters. The number of rotatable bonds is 5. The highest BCUT2D eigenvalue weighted by atomic mass is 16.4. The van der Waals surface area contributed by atoms with Crippen LogP contribution in [-0.2, 0) is 4.79 Å². The molecular weight excluding hydrogens is 188 g/mol. The summed E-state index contributed by atoms with van der Waals surface area (Å²) in [6.45, 7) is 4.09. The maximum atomic E-state index is 11.2. The van der Waals surface area contributed by atoms with E-state index in [0.717, 1.165) is 18.4 Å². The molecule has 0 unspecified atom stereocenters. The van der Waals surface area contributed by atoms with Gasteiger partial charge in [0.1, 0.15) is 0 Å². The van der Waals surface area contributed by atoms with E-state index in [4.69, 9.17) is 0 Å². The van der Waals surface area contributed by atoms with Crippen molar-refractivity contribution in [3.05, 3.63) is 35.9 Å². The topological polar surface area (TPSA) is 37.3 Å². The second kappa shape index (κ2) is 5.54. The number of hydrogen-bond donors (Lipinski definition) is 1. The fourth-order valence-electron chi connectivity index (χ4n) is 2.00. The number of carboxylic acids is 1. The van der Waals surface area contributed by atoms with Gasteiger partial charge in [0.25, 0.3) is 0 Å². The molecule has 0 amide bonds. The molecule has 0 aliphatic rings. The summed E-state index contributed by atoms with van der Waals surface area (Å²) < 4.78 is 0. The van der Waals surface area contributed by atoms with Gasteiger partial charge in [0, 0.05) is 0 Å². The van der Waals surface area contributed by atoms with Gasteiger partial charge in [-0.25, -0.2) is 0 Å². The molecule has 1 aromatic rings. The zero-order chi connectivity index (χ0) is 11.3. The number of benzene rings is 1. The van der Waals surface area contributed by atoms with Crippen LogP contribution in [0.15, 0.2) is 30.3 Å². The lowest BCUT2D eigenvalue weighted by atomic mass is 9.85. The minimum absolute atomic E-state index is 0.190. The maximum absolute atomic E-state index is 11.2. The Kier molecular flexibility index (Phi) is 4.35. The Bertz CT molecular complexity index is 306. The average Bonchev–Trinajstić information content (AvgIpc) is 2.19. The third kappa shape index (κ3) is 3.08. The summed E-state index contributed by atoms with van der Waals surface area (Å²) in [5.41, 5.74) is 0.908. The van der Waals surface area contributed by atoms with Crippen molar-refractivity contribution in [3.8, 4) is 0 Å². The monoisotopic (exact) mass is 206 g/mol. The number of aliphatic carboxylic acids is 1. The molecule has 0 aromatic heterocycles. The molecule has 82 valence electrons. The van der Waals surface area contributed by atoms with Crippen LogP contribution in [0, 0.1) is 5.92 Å². The van der Waals surface area contributed by atoms with Crippen molar-refractivity contribution in [1.29, 1.82) is 0 Å². The zero-order valence-corrected chi connectivity index (χ0v) is 9.31. The Morgan fingerprint density at radius 1 is 1.33 bits per heavy atom. The highest BCUT2D eigenvalue weighted by molar-refractivity contribution is 5.76. The van der Waals surface area contributed by atoms with E-state index in [-0.39, 0.29) is 11.8 Å². The van der Waals surface area contributed by atoms with E-state index in [0.29, 0.717) is 0 Å². The molecule has 2 heteroatoms. The van der Waals surface area contributed by atoms with Crippen LogP contribution in [-0.4, -0.2) is 11.1 Å². The lowest BCUT2D eigenvalue weighted by molar-refractivity contribution is -0.140. The number of hydrogen-bond acceptors (Lipinski definition) is 1. The molecular formula is C13H18O2. The maximum Gasteiger partial charge on any atom is 0.311 e. The lowest BCUT2D eigenvalue weighted by Crippen LogP contribution is -2.19. The van der Waals surface area contributed by atoms with E-state index < -0.39 is 5.97 Å². The van der Waals surface area contributed by atoms with Crippen LogP contribution in [0.1, 0.15) is 38.2 Å². The first-order chi connectivity index (χ1) is 7.16. The number of carbonyl (C=O) groups is 1. The van der Waals surface area contributed by atoms with Gasteiger partial charge >= 0.3 is 5.97 Å². The summed E-state index contributed by atoms with van der Waals surface area (Å²) in [6.07, 6.45) is 1.98. The Labute approximate surface area is 90.9 Å². The van der Waals surface area contributed by atoms with Gasteiger partial charge in [-0.2, -0.15) is 0 Å². The van der Waals surface area contributed by atoms with Gasteiger partial charge in [0.05, 0.1) is 5.92 Å². The second-order valence-electron chi connectivity index (χ2n) is 3.99. The summed E-state index contributed by atoms with van der Waals surface area (Å²) in [5, 5.41) is 9.22. The molecule has 0 heterocycles. The molecule has 0 fully saturated rings. The number of carboxylic acid groups (broad SMARTS) is 1. The Morgan fingerprint density at radius 2 is 1.93 bits per heavy atom. The van der Waals surface area contributed by atoms with Crippen LogP contribution in [0.4, 0.5) is 0 Å². The zero-order valence-electron chi connectivity index (χ0n) is 9.31. The normalized spacial score (nSPS) is 14.5. The molecule has 0 bridgehead atoms. The molecule has 1 aromatic carbocycles. The predicted octanol–water partition coefficient (Wildman–Crippen LogP) is 3.29. The minimum atomic E-state index is -0.720. The van der Waals surface area contributed by atoms with Gasteiger partial charge in [-0.1, -0.05) is 50.6 Å². The van der Waals surface area contributed by atoms with E-state index in [9.17, 15) is 9.90 Å². The van der Waals surface area contributed by atoms with Crippen LogP contribution in [0.3, 0.4) is 0 Å². The third-order valence-corrected chi connectivity index (χ3v) is 2.74. The predicted molar refractivity (Wildman–Crippen MR) is 60.9 cm³/mol. The second-order valence-corrected chi connectivity index (χ2v) is 3.99.